The fraction of sp³-hybridized carbons (Fsp3) is 0.250. The van der Waals surface area contributed by atoms with Gasteiger partial charge in [0.05, 0.1) is 5.51 Å². The fourth-order valence-corrected chi connectivity index (χ4v) is 4.10. The molecule has 0 aliphatic rings. The van der Waals surface area contributed by atoms with Gasteiger partial charge in [0.2, 0.25) is 0 Å². The normalized spacial score (nSPS) is 11.4. The second-order valence-corrected chi connectivity index (χ2v) is 10.2. The number of thiazole rings is 1. The molecule has 0 amide bonds. The molecule has 1 heterocycles. The maximum Gasteiger partial charge on any atom is 0.155 e. The first-order chi connectivity index (χ1) is 7.59. The van der Waals surface area contributed by atoms with Crippen molar-refractivity contribution in [2.45, 2.75) is 19.6 Å². The average Bonchev–Trinajstić information content (AvgIpc) is 2.71. The molecule has 0 aliphatic heterocycles. The van der Waals surface area contributed by atoms with Crippen LogP contribution in [-0.4, -0.2) is 13.2 Å². The van der Waals surface area contributed by atoms with Crippen molar-refractivity contribution in [1.82, 2.24) is 4.98 Å². The second-order valence-electron chi connectivity index (χ2n) is 4.69. The van der Waals surface area contributed by atoms with Crippen LogP contribution >= 0.6 is 11.3 Å². The van der Waals surface area contributed by atoms with Crippen LogP contribution in [0.25, 0.3) is 0 Å². The lowest BCUT2D eigenvalue weighted by Crippen LogP contribution is -2.42. The molecule has 0 spiro atoms. The zero-order valence-corrected chi connectivity index (χ0v) is 11.7. The van der Waals surface area contributed by atoms with Crippen molar-refractivity contribution in [3.8, 4) is 0 Å². The Morgan fingerprint density at radius 3 is 2.31 bits per heavy atom. The van der Waals surface area contributed by atoms with Crippen LogP contribution in [0.1, 0.15) is 0 Å². The molecule has 2 aromatic rings. The molecule has 2 rings (SSSR count). The van der Waals surface area contributed by atoms with Gasteiger partial charge in [0.15, 0.2) is 8.24 Å². The molecule has 0 bridgehead atoms. The first kappa shape index (κ1) is 11.4. The summed E-state index contributed by atoms with van der Waals surface area (Å²) in [6.07, 6.45) is 0. The fourth-order valence-electron chi connectivity index (χ4n) is 1.76. The predicted molar refractivity (Wildman–Crippen MR) is 74.0 cm³/mol. The van der Waals surface area contributed by atoms with Crippen LogP contribution in [0.2, 0.25) is 19.6 Å². The number of anilines is 2. The number of rotatable bonds is 3. The van der Waals surface area contributed by atoms with Gasteiger partial charge in [-0.05, 0) is 12.1 Å². The minimum absolute atomic E-state index is 1.08. The Bertz CT molecular complexity index is 434. The van der Waals surface area contributed by atoms with Crippen molar-refractivity contribution in [1.29, 1.82) is 0 Å². The molecule has 1 aromatic heterocycles. The molecule has 0 N–H and O–H groups in total. The van der Waals surface area contributed by atoms with E-state index in [9.17, 15) is 0 Å². The van der Waals surface area contributed by atoms with E-state index in [1.807, 2.05) is 11.6 Å². The van der Waals surface area contributed by atoms with Crippen LogP contribution in [0.4, 0.5) is 11.5 Å². The summed E-state index contributed by atoms with van der Waals surface area (Å²) in [6, 6.07) is 10.5. The van der Waals surface area contributed by atoms with Gasteiger partial charge in [-0.1, -0.05) is 37.8 Å². The van der Waals surface area contributed by atoms with Gasteiger partial charge in [-0.3, -0.25) is 0 Å². The summed E-state index contributed by atoms with van der Waals surface area (Å²) in [6.45, 7) is 7.00. The van der Waals surface area contributed by atoms with Gasteiger partial charge in [0.1, 0.15) is 5.82 Å². The summed E-state index contributed by atoms with van der Waals surface area (Å²) in [4.78, 5) is 4.44. The lowest BCUT2D eigenvalue weighted by molar-refractivity contribution is 1.24. The topological polar surface area (TPSA) is 16.1 Å². The molecule has 16 heavy (non-hydrogen) atoms. The minimum Gasteiger partial charge on any atom is -0.354 e. The van der Waals surface area contributed by atoms with E-state index in [-0.39, 0.29) is 0 Å². The SMILES string of the molecule is C[Si](C)(C)N(c1ccccc1)c1cscn1. The summed E-state index contributed by atoms with van der Waals surface area (Å²) in [5, 5.41) is 2.12. The largest absolute Gasteiger partial charge is 0.354 e. The summed E-state index contributed by atoms with van der Waals surface area (Å²) in [5.74, 6) is 1.08. The van der Waals surface area contributed by atoms with E-state index < -0.39 is 8.24 Å². The molecule has 0 atom stereocenters. The van der Waals surface area contributed by atoms with E-state index in [0.29, 0.717) is 0 Å². The molecular formula is C12H16N2SSi. The van der Waals surface area contributed by atoms with Crippen LogP contribution in [0.5, 0.6) is 0 Å². The van der Waals surface area contributed by atoms with Crippen LogP contribution in [0.15, 0.2) is 41.2 Å². The van der Waals surface area contributed by atoms with Gasteiger partial charge < -0.3 is 4.57 Å². The van der Waals surface area contributed by atoms with Crippen molar-refractivity contribution < 1.29 is 0 Å². The summed E-state index contributed by atoms with van der Waals surface area (Å²) < 4.78 is 2.39. The first-order valence-corrected chi connectivity index (χ1v) is 9.71. The number of nitrogens with zero attached hydrogens (tertiary/aromatic N) is 2. The van der Waals surface area contributed by atoms with Gasteiger partial charge in [-0.2, -0.15) is 0 Å². The highest BCUT2D eigenvalue weighted by Crippen LogP contribution is 2.30. The quantitative estimate of drug-likeness (QED) is 0.760. The highest BCUT2D eigenvalue weighted by Gasteiger charge is 2.26. The van der Waals surface area contributed by atoms with E-state index >= 15 is 0 Å². The summed E-state index contributed by atoms with van der Waals surface area (Å²) in [7, 11) is -1.45. The Morgan fingerprint density at radius 2 is 1.81 bits per heavy atom. The zero-order chi connectivity index (χ0) is 11.6. The third-order valence-electron chi connectivity index (χ3n) is 2.33. The number of hydrogen-bond donors (Lipinski definition) is 0. The standard InChI is InChI=1S/C12H16N2SSi/c1-16(2,3)14(12-9-15-10-13-12)11-7-5-4-6-8-11/h4-10H,1-3H3. The van der Waals surface area contributed by atoms with E-state index in [0.717, 1.165) is 5.82 Å². The molecule has 84 valence electrons. The Kier molecular flexibility index (Phi) is 3.12. The molecular weight excluding hydrogens is 232 g/mol. The molecule has 0 unspecified atom stereocenters. The van der Waals surface area contributed by atoms with E-state index in [1.54, 1.807) is 11.3 Å². The lowest BCUT2D eigenvalue weighted by Gasteiger charge is -2.34. The smallest absolute Gasteiger partial charge is 0.155 e. The first-order valence-electron chi connectivity index (χ1n) is 5.32. The van der Waals surface area contributed by atoms with Gasteiger partial charge >= 0.3 is 0 Å². The molecule has 4 heteroatoms. The number of aromatic nitrogens is 1. The van der Waals surface area contributed by atoms with Crippen LogP contribution < -0.4 is 4.57 Å². The van der Waals surface area contributed by atoms with Crippen LogP contribution in [0, 0.1) is 0 Å². The summed E-state index contributed by atoms with van der Waals surface area (Å²) in [5.41, 5.74) is 3.14. The number of para-hydroxylation sites is 1. The van der Waals surface area contributed by atoms with E-state index in [2.05, 4.69) is 58.8 Å². The predicted octanol–water partition coefficient (Wildman–Crippen LogP) is 4.12. The minimum atomic E-state index is -1.45. The van der Waals surface area contributed by atoms with Gasteiger partial charge in [-0.25, -0.2) is 4.98 Å². The maximum absolute atomic E-state index is 4.44. The highest BCUT2D eigenvalue weighted by atomic mass is 32.1. The van der Waals surface area contributed by atoms with Crippen molar-refractivity contribution in [2.75, 3.05) is 4.57 Å². The molecule has 0 aliphatic carbocycles. The van der Waals surface area contributed by atoms with Crippen molar-refractivity contribution in [2.24, 2.45) is 0 Å². The third-order valence-corrected chi connectivity index (χ3v) is 4.74. The monoisotopic (exact) mass is 248 g/mol. The Hall–Kier alpha value is -1.13. The maximum atomic E-state index is 4.44. The lowest BCUT2D eigenvalue weighted by atomic mass is 10.3. The average molecular weight is 248 g/mol. The van der Waals surface area contributed by atoms with Crippen molar-refractivity contribution >= 4 is 31.1 Å². The molecule has 0 saturated heterocycles. The Balaban J connectivity index is 2.45. The molecule has 0 radical (unpaired) electrons. The van der Waals surface area contributed by atoms with Crippen molar-refractivity contribution in [3.05, 3.63) is 41.2 Å². The third kappa shape index (κ3) is 2.33. The van der Waals surface area contributed by atoms with Gasteiger partial charge in [0, 0.05) is 11.1 Å². The van der Waals surface area contributed by atoms with Crippen LogP contribution in [0.3, 0.4) is 0 Å². The Labute approximate surface area is 102 Å². The molecule has 0 fully saturated rings. The Morgan fingerprint density at radius 1 is 1.12 bits per heavy atom. The summed E-state index contributed by atoms with van der Waals surface area (Å²) >= 11 is 1.65. The zero-order valence-electron chi connectivity index (χ0n) is 9.84. The van der Waals surface area contributed by atoms with E-state index in [1.165, 1.54) is 5.69 Å². The van der Waals surface area contributed by atoms with E-state index in [4.69, 9.17) is 0 Å². The van der Waals surface area contributed by atoms with Crippen molar-refractivity contribution in [3.63, 3.8) is 0 Å². The van der Waals surface area contributed by atoms with Gasteiger partial charge in [-0.15, -0.1) is 11.3 Å². The van der Waals surface area contributed by atoms with Gasteiger partial charge in [0.25, 0.3) is 0 Å². The molecule has 1 aromatic carbocycles. The molecule has 0 saturated carbocycles. The highest BCUT2D eigenvalue weighted by molar-refractivity contribution is 7.08. The number of benzene rings is 1. The van der Waals surface area contributed by atoms with Crippen LogP contribution in [-0.2, 0) is 0 Å². The number of hydrogen-bond acceptors (Lipinski definition) is 3. The second kappa shape index (κ2) is 4.39. The molecule has 2 nitrogen and oxygen atoms in total.